The number of aromatic nitrogens is 2. The summed E-state index contributed by atoms with van der Waals surface area (Å²) >= 11 is 2.59. The van der Waals surface area contributed by atoms with Crippen LogP contribution in [0.4, 0.5) is 4.39 Å². The predicted octanol–water partition coefficient (Wildman–Crippen LogP) is 4.38. The van der Waals surface area contributed by atoms with Gasteiger partial charge in [-0.1, -0.05) is 42.5 Å². The highest BCUT2D eigenvalue weighted by Gasteiger charge is 2.17. The van der Waals surface area contributed by atoms with Crippen LogP contribution < -0.4 is 10.9 Å². The quantitative estimate of drug-likeness (QED) is 0.440. The van der Waals surface area contributed by atoms with Gasteiger partial charge in [-0.3, -0.25) is 20.4 Å². The van der Waals surface area contributed by atoms with Crippen molar-refractivity contribution in [2.45, 2.75) is 13.3 Å². The van der Waals surface area contributed by atoms with Crippen molar-refractivity contribution < 1.29 is 14.0 Å². The zero-order chi connectivity index (χ0) is 21.8. The Balaban J connectivity index is 1.35. The van der Waals surface area contributed by atoms with Gasteiger partial charge in [0.1, 0.15) is 20.7 Å². The Morgan fingerprint density at radius 1 is 0.968 bits per heavy atom. The minimum absolute atomic E-state index is 0.0109. The molecule has 0 radical (unpaired) electrons. The fourth-order valence-electron chi connectivity index (χ4n) is 2.85. The molecule has 0 spiro atoms. The Hall–Kier alpha value is -3.43. The van der Waals surface area contributed by atoms with Crippen LogP contribution in [-0.4, -0.2) is 21.8 Å². The van der Waals surface area contributed by atoms with Gasteiger partial charge in [0.2, 0.25) is 5.91 Å². The first-order valence-electron chi connectivity index (χ1n) is 9.32. The van der Waals surface area contributed by atoms with Gasteiger partial charge in [0, 0.05) is 16.5 Å². The van der Waals surface area contributed by atoms with E-state index in [0.717, 1.165) is 10.6 Å². The van der Waals surface area contributed by atoms with Gasteiger partial charge in [0.15, 0.2) is 0 Å². The number of nitrogens with zero attached hydrogens (tertiary/aromatic N) is 2. The molecule has 0 atom stereocenters. The molecule has 4 aromatic rings. The highest BCUT2D eigenvalue weighted by Crippen LogP contribution is 2.27. The lowest BCUT2D eigenvalue weighted by Gasteiger charge is -2.05. The number of carbonyl (C=O) groups is 2. The lowest BCUT2D eigenvalue weighted by Crippen LogP contribution is -2.42. The summed E-state index contributed by atoms with van der Waals surface area (Å²) in [6.07, 6.45) is -0.0109. The summed E-state index contributed by atoms with van der Waals surface area (Å²) in [4.78, 5) is 34.0. The summed E-state index contributed by atoms with van der Waals surface area (Å²) in [6.45, 7) is 1.75. The van der Waals surface area contributed by atoms with Crippen molar-refractivity contribution in [2.24, 2.45) is 0 Å². The van der Waals surface area contributed by atoms with Crippen molar-refractivity contribution in [1.29, 1.82) is 0 Å². The Bertz CT molecular complexity index is 1240. The third-order valence-corrected chi connectivity index (χ3v) is 6.45. The molecule has 0 fully saturated rings. The van der Waals surface area contributed by atoms with Gasteiger partial charge < -0.3 is 0 Å². The predicted molar refractivity (Wildman–Crippen MR) is 119 cm³/mol. The van der Waals surface area contributed by atoms with E-state index >= 15 is 0 Å². The minimum Gasteiger partial charge on any atom is -0.273 e. The normalized spacial score (nSPS) is 10.6. The Labute approximate surface area is 185 Å². The van der Waals surface area contributed by atoms with Gasteiger partial charge >= 0.3 is 0 Å². The maximum atomic E-state index is 13.4. The number of benzene rings is 2. The smallest absolute Gasteiger partial charge is 0.273 e. The summed E-state index contributed by atoms with van der Waals surface area (Å²) in [5, 5.41) is 3.10. The molecule has 0 unspecified atom stereocenters. The van der Waals surface area contributed by atoms with E-state index in [9.17, 15) is 14.0 Å². The minimum atomic E-state index is -0.427. The van der Waals surface area contributed by atoms with Crippen molar-refractivity contribution in [3.8, 4) is 21.1 Å². The van der Waals surface area contributed by atoms with Crippen LogP contribution in [0.25, 0.3) is 21.1 Å². The largest absolute Gasteiger partial charge is 0.281 e. The molecule has 2 aromatic heterocycles. The SMILES string of the molecule is Cc1nc(-c2ccccc2)sc1C(=O)NNC(=O)Cc1csc(-c2cccc(F)c2)n1. The number of rotatable bonds is 5. The molecule has 156 valence electrons. The van der Waals surface area contributed by atoms with Crippen LogP contribution in [0.2, 0.25) is 0 Å². The first-order chi connectivity index (χ1) is 15.0. The second-order valence-electron chi connectivity index (χ2n) is 6.63. The van der Waals surface area contributed by atoms with Crippen molar-refractivity contribution >= 4 is 34.5 Å². The van der Waals surface area contributed by atoms with Gasteiger partial charge in [0.25, 0.3) is 5.91 Å². The van der Waals surface area contributed by atoms with Gasteiger partial charge in [-0.25, -0.2) is 14.4 Å². The molecule has 9 heteroatoms. The maximum Gasteiger partial charge on any atom is 0.281 e. The van der Waals surface area contributed by atoms with Crippen LogP contribution in [-0.2, 0) is 11.2 Å². The van der Waals surface area contributed by atoms with Crippen molar-refractivity contribution in [1.82, 2.24) is 20.8 Å². The first kappa shape index (κ1) is 20.8. The molecule has 0 aliphatic rings. The van der Waals surface area contributed by atoms with Gasteiger partial charge in [0.05, 0.1) is 17.8 Å². The molecule has 0 aliphatic carbocycles. The van der Waals surface area contributed by atoms with Crippen LogP contribution in [0.3, 0.4) is 0 Å². The summed E-state index contributed by atoms with van der Waals surface area (Å²) in [7, 11) is 0. The highest BCUT2D eigenvalue weighted by atomic mass is 32.1. The molecule has 2 heterocycles. The lowest BCUT2D eigenvalue weighted by atomic mass is 10.2. The van der Waals surface area contributed by atoms with Gasteiger partial charge in [-0.05, 0) is 19.1 Å². The number of amides is 2. The molecule has 6 nitrogen and oxygen atoms in total. The van der Waals surface area contributed by atoms with Crippen LogP contribution in [0.15, 0.2) is 60.0 Å². The van der Waals surface area contributed by atoms with Crippen LogP contribution in [0.5, 0.6) is 0 Å². The van der Waals surface area contributed by atoms with E-state index in [1.165, 1.54) is 34.8 Å². The fraction of sp³-hybridized carbons (Fsp3) is 0.0909. The molecule has 0 aliphatic heterocycles. The second-order valence-corrected chi connectivity index (χ2v) is 8.49. The second kappa shape index (κ2) is 9.15. The Morgan fingerprint density at radius 3 is 2.52 bits per heavy atom. The van der Waals surface area contributed by atoms with E-state index in [1.54, 1.807) is 24.4 Å². The highest BCUT2D eigenvalue weighted by molar-refractivity contribution is 7.17. The molecule has 0 bridgehead atoms. The number of halogens is 1. The van der Waals surface area contributed by atoms with Gasteiger partial charge in [-0.15, -0.1) is 22.7 Å². The number of thiazole rings is 2. The third kappa shape index (κ3) is 5.01. The van der Waals surface area contributed by atoms with Crippen LogP contribution >= 0.6 is 22.7 Å². The lowest BCUT2D eigenvalue weighted by molar-refractivity contribution is -0.121. The molecule has 0 saturated heterocycles. The molecule has 31 heavy (non-hydrogen) atoms. The van der Waals surface area contributed by atoms with Crippen LogP contribution in [0.1, 0.15) is 21.1 Å². The molecular weight excluding hydrogens is 435 g/mol. The zero-order valence-electron chi connectivity index (χ0n) is 16.4. The number of hydrogen-bond acceptors (Lipinski definition) is 6. The average molecular weight is 453 g/mol. The summed E-state index contributed by atoms with van der Waals surface area (Å²) < 4.78 is 13.4. The van der Waals surface area contributed by atoms with E-state index in [1.807, 2.05) is 30.3 Å². The van der Waals surface area contributed by atoms with E-state index in [0.29, 0.717) is 26.8 Å². The maximum absolute atomic E-state index is 13.4. The molecule has 2 aromatic carbocycles. The monoisotopic (exact) mass is 452 g/mol. The number of hydrogen-bond donors (Lipinski definition) is 2. The van der Waals surface area contributed by atoms with Crippen molar-refractivity contribution in [3.63, 3.8) is 0 Å². The number of carbonyl (C=O) groups excluding carboxylic acids is 2. The Kier molecular flexibility index (Phi) is 6.15. The van der Waals surface area contributed by atoms with Crippen molar-refractivity contribution in [3.05, 3.63) is 82.1 Å². The molecule has 2 N–H and O–H groups in total. The van der Waals surface area contributed by atoms with Gasteiger partial charge in [-0.2, -0.15) is 0 Å². The summed E-state index contributed by atoms with van der Waals surface area (Å²) in [6, 6.07) is 15.7. The average Bonchev–Trinajstić information content (AvgIpc) is 3.39. The molecular formula is C22H17FN4O2S2. The van der Waals surface area contributed by atoms with E-state index in [4.69, 9.17) is 0 Å². The molecule has 4 rings (SSSR count). The summed E-state index contributed by atoms with van der Waals surface area (Å²) in [5.74, 6) is -1.18. The van der Waals surface area contributed by atoms with E-state index < -0.39 is 11.8 Å². The van der Waals surface area contributed by atoms with Crippen molar-refractivity contribution in [2.75, 3.05) is 0 Å². The third-order valence-electron chi connectivity index (χ3n) is 4.30. The van der Waals surface area contributed by atoms with E-state index in [-0.39, 0.29) is 12.2 Å². The molecule has 0 saturated carbocycles. The molecule has 2 amide bonds. The summed E-state index contributed by atoms with van der Waals surface area (Å²) in [5.41, 5.74) is 7.55. The topological polar surface area (TPSA) is 84.0 Å². The fourth-order valence-corrected chi connectivity index (χ4v) is 4.63. The standard InChI is InChI=1S/C22H17FN4O2S2/c1-13-19(31-22(24-13)14-6-3-2-4-7-14)20(29)27-26-18(28)11-17-12-30-21(25-17)15-8-5-9-16(23)10-15/h2-10,12H,11H2,1H3,(H,26,28)(H,27,29). The first-order valence-corrected chi connectivity index (χ1v) is 11.0. The number of aryl methyl sites for hydroxylation is 1. The number of hydrazine groups is 1. The van der Waals surface area contributed by atoms with Crippen LogP contribution in [0, 0.1) is 12.7 Å². The Morgan fingerprint density at radius 2 is 1.74 bits per heavy atom. The number of nitrogens with one attached hydrogen (secondary N) is 2. The zero-order valence-corrected chi connectivity index (χ0v) is 18.0. The van der Waals surface area contributed by atoms with E-state index in [2.05, 4.69) is 20.8 Å².